The number of nitrogens with one attached hydrogen (secondary N) is 1. The smallest absolute Gasteiger partial charge is 0.257 e. The number of hydrogen-bond donors (Lipinski definition) is 1. The maximum atomic E-state index is 12.8. The van der Waals surface area contributed by atoms with Crippen LogP contribution in [-0.4, -0.2) is 11.1 Å². The second-order valence-corrected chi connectivity index (χ2v) is 6.02. The summed E-state index contributed by atoms with van der Waals surface area (Å²) >= 11 is 0. The number of carbonyl (C=O) groups is 1. The second kappa shape index (κ2) is 5.68. The lowest BCUT2D eigenvalue weighted by Gasteiger charge is -2.16. The van der Waals surface area contributed by atoms with Gasteiger partial charge in [-0.3, -0.25) is 4.79 Å². The van der Waals surface area contributed by atoms with Crippen molar-refractivity contribution in [1.29, 1.82) is 0 Å². The maximum absolute atomic E-state index is 12.8. The molecule has 0 saturated carbocycles. The molecule has 21 heavy (non-hydrogen) atoms. The Kier molecular flexibility index (Phi) is 4.11. The molecule has 1 aromatic carbocycles. The molecule has 1 N–H and O–H groups in total. The van der Waals surface area contributed by atoms with Crippen LogP contribution in [0.25, 0.3) is 0 Å². The van der Waals surface area contributed by atoms with E-state index in [0.29, 0.717) is 23.6 Å². The minimum absolute atomic E-state index is 0.233. The van der Waals surface area contributed by atoms with Gasteiger partial charge in [0.2, 0.25) is 0 Å². The van der Waals surface area contributed by atoms with Crippen LogP contribution in [0, 0.1) is 12.7 Å². The predicted octanol–water partition coefficient (Wildman–Crippen LogP) is 3.35. The van der Waals surface area contributed by atoms with Crippen molar-refractivity contribution in [3.05, 3.63) is 52.7 Å². The van der Waals surface area contributed by atoms with Crippen molar-refractivity contribution >= 4 is 5.91 Å². The lowest BCUT2D eigenvalue weighted by molar-refractivity contribution is 0.0947. The van der Waals surface area contributed by atoms with Crippen LogP contribution >= 0.6 is 0 Å². The molecule has 2 aromatic rings. The summed E-state index contributed by atoms with van der Waals surface area (Å²) in [5, 5.41) is 6.80. The summed E-state index contributed by atoms with van der Waals surface area (Å²) in [5.41, 5.74) is 1.66. The summed E-state index contributed by atoms with van der Waals surface area (Å²) < 4.78 is 18.0. The van der Waals surface area contributed by atoms with Crippen molar-refractivity contribution in [3.63, 3.8) is 0 Å². The van der Waals surface area contributed by atoms with E-state index in [2.05, 4.69) is 10.5 Å². The molecule has 0 unspecified atom stereocenters. The molecular formula is C16H19FN2O2. The van der Waals surface area contributed by atoms with Gasteiger partial charge >= 0.3 is 0 Å². The fourth-order valence-electron chi connectivity index (χ4n) is 2.02. The van der Waals surface area contributed by atoms with Crippen LogP contribution in [-0.2, 0) is 12.0 Å². The van der Waals surface area contributed by atoms with Crippen molar-refractivity contribution in [1.82, 2.24) is 10.5 Å². The van der Waals surface area contributed by atoms with E-state index in [0.717, 1.165) is 5.56 Å². The number of amides is 1. The Balaban J connectivity index is 2.14. The fraction of sp³-hybridized carbons (Fsp3) is 0.375. The molecule has 2 rings (SSSR count). The standard InChI is InChI=1S/C16H19FN2O2/c1-10-13(14(19-21-10)16(2,3)4)15(20)18-9-11-5-7-12(17)8-6-11/h5-8H,9H2,1-4H3,(H,18,20). The van der Waals surface area contributed by atoms with Gasteiger partial charge < -0.3 is 9.84 Å². The molecule has 0 spiro atoms. The molecule has 1 heterocycles. The lowest BCUT2D eigenvalue weighted by Crippen LogP contribution is -2.27. The second-order valence-electron chi connectivity index (χ2n) is 6.02. The fourth-order valence-corrected chi connectivity index (χ4v) is 2.02. The van der Waals surface area contributed by atoms with Gasteiger partial charge in [-0.15, -0.1) is 0 Å². The van der Waals surface area contributed by atoms with E-state index in [1.54, 1.807) is 19.1 Å². The Morgan fingerprint density at radius 1 is 1.29 bits per heavy atom. The largest absolute Gasteiger partial charge is 0.361 e. The Bertz CT molecular complexity index is 639. The minimum atomic E-state index is -0.296. The zero-order valence-electron chi connectivity index (χ0n) is 12.7. The lowest BCUT2D eigenvalue weighted by atomic mass is 9.88. The van der Waals surface area contributed by atoms with Gasteiger partial charge in [-0.05, 0) is 24.6 Å². The molecule has 0 aliphatic heterocycles. The topological polar surface area (TPSA) is 55.1 Å². The van der Waals surface area contributed by atoms with Crippen molar-refractivity contribution in [2.24, 2.45) is 0 Å². The van der Waals surface area contributed by atoms with Gasteiger partial charge in [-0.2, -0.15) is 0 Å². The van der Waals surface area contributed by atoms with Gasteiger partial charge in [0.15, 0.2) is 0 Å². The van der Waals surface area contributed by atoms with E-state index in [9.17, 15) is 9.18 Å². The molecule has 4 nitrogen and oxygen atoms in total. The van der Waals surface area contributed by atoms with Crippen LogP contribution in [0.3, 0.4) is 0 Å². The molecule has 0 aliphatic carbocycles. The number of aromatic nitrogens is 1. The van der Waals surface area contributed by atoms with Crippen LogP contribution in [0.5, 0.6) is 0 Å². The third kappa shape index (κ3) is 3.48. The Hall–Kier alpha value is -2.17. The zero-order chi connectivity index (χ0) is 15.6. The highest BCUT2D eigenvalue weighted by atomic mass is 19.1. The van der Waals surface area contributed by atoms with Gasteiger partial charge in [0.25, 0.3) is 5.91 Å². The minimum Gasteiger partial charge on any atom is -0.361 e. The molecule has 0 bridgehead atoms. The molecule has 0 atom stereocenters. The average molecular weight is 290 g/mol. The first kappa shape index (κ1) is 15.2. The van der Waals surface area contributed by atoms with Gasteiger partial charge in [0.1, 0.15) is 22.8 Å². The molecule has 112 valence electrons. The highest BCUT2D eigenvalue weighted by Crippen LogP contribution is 2.26. The number of nitrogens with zero attached hydrogens (tertiary/aromatic N) is 1. The summed E-state index contributed by atoms with van der Waals surface area (Å²) in [7, 11) is 0. The predicted molar refractivity (Wildman–Crippen MR) is 77.5 cm³/mol. The van der Waals surface area contributed by atoms with Crippen molar-refractivity contribution < 1.29 is 13.7 Å². The molecule has 0 saturated heterocycles. The number of benzene rings is 1. The Morgan fingerprint density at radius 3 is 2.48 bits per heavy atom. The van der Waals surface area contributed by atoms with Gasteiger partial charge in [-0.25, -0.2) is 4.39 Å². The first-order chi connectivity index (χ1) is 9.79. The number of hydrogen-bond acceptors (Lipinski definition) is 3. The van der Waals surface area contributed by atoms with E-state index in [1.165, 1.54) is 12.1 Å². The van der Waals surface area contributed by atoms with Crippen molar-refractivity contribution in [3.8, 4) is 0 Å². The highest BCUT2D eigenvalue weighted by molar-refractivity contribution is 5.96. The van der Waals surface area contributed by atoms with Crippen LogP contribution in [0.1, 0.15) is 48.1 Å². The van der Waals surface area contributed by atoms with Crippen LogP contribution in [0.2, 0.25) is 0 Å². The first-order valence-electron chi connectivity index (χ1n) is 6.78. The number of halogens is 1. The molecule has 0 fully saturated rings. The van der Waals surface area contributed by atoms with Crippen LogP contribution < -0.4 is 5.32 Å². The normalized spacial score (nSPS) is 11.5. The number of carbonyl (C=O) groups excluding carboxylic acids is 1. The van der Waals surface area contributed by atoms with Crippen molar-refractivity contribution in [2.75, 3.05) is 0 Å². The summed E-state index contributed by atoms with van der Waals surface area (Å²) in [6.07, 6.45) is 0. The van der Waals surface area contributed by atoms with E-state index in [1.807, 2.05) is 20.8 Å². The van der Waals surface area contributed by atoms with Crippen LogP contribution in [0.4, 0.5) is 4.39 Å². The van der Waals surface area contributed by atoms with E-state index in [-0.39, 0.29) is 17.1 Å². The third-order valence-electron chi connectivity index (χ3n) is 3.17. The SMILES string of the molecule is Cc1onc(C(C)(C)C)c1C(=O)NCc1ccc(F)cc1. The Morgan fingerprint density at radius 2 is 1.90 bits per heavy atom. The quantitative estimate of drug-likeness (QED) is 0.943. The summed E-state index contributed by atoms with van der Waals surface area (Å²) in [5.74, 6) is -0.0329. The molecular weight excluding hydrogens is 271 g/mol. The van der Waals surface area contributed by atoms with Gasteiger partial charge in [0, 0.05) is 12.0 Å². The Labute approximate surface area is 123 Å². The first-order valence-corrected chi connectivity index (χ1v) is 6.78. The molecule has 1 aromatic heterocycles. The van der Waals surface area contributed by atoms with E-state index >= 15 is 0 Å². The van der Waals surface area contributed by atoms with Crippen LogP contribution in [0.15, 0.2) is 28.8 Å². The highest BCUT2D eigenvalue weighted by Gasteiger charge is 2.28. The number of aryl methyl sites for hydroxylation is 1. The molecule has 5 heteroatoms. The molecule has 1 amide bonds. The van der Waals surface area contributed by atoms with Gasteiger partial charge in [0.05, 0.1) is 0 Å². The van der Waals surface area contributed by atoms with E-state index < -0.39 is 0 Å². The monoisotopic (exact) mass is 290 g/mol. The number of rotatable bonds is 3. The summed E-state index contributed by atoms with van der Waals surface area (Å²) in [4.78, 5) is 12.3. The molecule has 0 radical (unpaired) electrons. The van der Waals surface area contributed by atoms with Gasteiger partial charge in [-0.1, -0.05) is 38.1 Å². The zero-order valence-corrected chi connectivity index (χ0v) is 12.7. The third-order valence-corrected chi connectivity index (χ3v) is 3.17. The van der Waals surface area contributed by atoms with E-state index in [4.69, 9.17) is 4.52 Å². The molecule has 0 aliphatic rings. The average Bonchev–Trinajstić information content (AvgIpc) is 2.80. The van der Waals surface area contributed by atoms with Crippen molar-refractivity contribution in [2.45, 2.75) is 39.7 Å². The summed E-state index contributed by atoms with van der Waals surface area (Å²) in [6.45, 7) is 7.96. The maximum Gasteiger partial charge on any atom is 0.257 e. The summed E-state index contributed by atoms with van der Waals surface area (Å²) in [6, 6.07) is 6.01.